The van der Waals surface area contributed by atoms with Gasteiger partial charge >= 0.3 is 6.09 Å². The third kappa shape index (κ3) is 6.81. The first kappa shape index (κ1) is 30.9. The maximum absolute atomic E-state index is 13.2. The quantitative estimate of drug-likeness (QED) is 0.430. The Morgan fingerprint density at radius 1 is 1.05 bits per heavy atom. The highest BCUT2D eigenvalue weighted by molar-refractivity contribution is 6.04. The molecule has 2 aliphatic rings. The van der Waals surface area contributed by atoms with E-state index in [1.807, 2.05) is 45.9 Å². The molecular formula is C33H39N7O4. The lowest BCUT2D eigenvalue weighted by Gasteiger charge is -2.35. The van der Waals surface area contributed by atoms with Crippen molar-refractivity contribution in [2.24, 2.45) is 0 Å². The van der Waals surface area contributed by atoms with Crippen molar-refractivity contribution < 1.29 is 19.1 Å². The topological polar surface area (TPSA) is 134 Å². The summed E-state index contributed by atoms with van der Waals surface area (Å²) in [4.78, 5) is 44.4. The van der Waals surface area contributed by atoms with Crippen LogP contribution in [0.15, 0.2) is 36.5 Å². The minimum absolute atomic E-state index is 0.306. The van der Waals surface area contributed by atoms with Gasteiger partial charge in [0.25, 0.3) is 5.91 Å². The van der Waals surface area contributed by atoms with Gasteiger partial charge in [-0.25, -0.2) is 14.8 Å². The van der Waals surface area contributed by atoms with Crippen LogP contribution in [0.1, 0.15) is 67.5 Å². The Hall–Kier alpha value is -4.56. The van der Waals surface area contributed by atoms with Crippen molar-refractivity contribution >= 4 is 23.5 Å². The zero-order chi connectivity index (χ0) is 31.6. The van der Waals surface area contributed by atoms with Gasteiger partial charge in [-0.3, -0.25) is 9.78 Å². The highest BCUT2D eigenvalue weighted by Gasteiger charge is 2.31. The van der Waals surface area contributed by atoms with Crippen LogP contribution in [0.4, 0.5) is 16.3 Å². The smallest absolute Gasteiger partial charge is 0.410 e. The fourth-order valence-corrected chi connectivity index (χ4v) is 5.15. The molecular weight excluding hydrogens is 558 g/mol. The van der Waals surface area contributed by atoms with Crippen LogP contribution in [0.2, 0.25) is 0 Å². The predicted octanol–water partition coefficient (Wildman–Crippen LogP) is 5.03. The molecule has 0 radical (unpaired) electrons. The van der Waals surface area contributed by atoms with E-state index in [0.29, 0.717) is 68.6 Å². The summed E-state index contributed by atoms with van der Waals surface area (Å²) in [5.74, 6) is 1.05. The second-order valence-electron chi connectivity index (χ2n) is 12.7. The van der Waals surface area contributed by atoms with Crippen LogP contribution in [0, 0.1) is 18.3 Å². The fourth-order valence-electron chi connectivity index (χ4n) is 5.15. The number of hydrogen-bond donors (Lipinski definition) is 1. The Labute approximate surface area is 258 Å². The average Bonchev–Trinajstić information content (AvgIpc) is 3.00. The number of anilines is 2. The van der Waals surface area contributed by atoms with Gasteiger partial charge in [-0.2, -0.15) is 5.26 Å². The molecule has 2 aliphatic heterocycles. The fraction of sp³-hybridized carbons (Fsp3) is 0.455. The van der Waals surface area contributed by atoms with Gasteiger partial charge in [-0.15, -0.1) is 0 Å². The largest absolute Gasteiger partial charge is 0.444 e. The Morgan fingerprint density at radius 2 is 1.80 bits per heavy atom. The van der Waals surface area contributed by atoms with Gasteiger partial charge in [0.1, 0.15) is 11.4 Å². The number of nitrogens with zero attached hydrogens (tertiary/aromatic N) is 6. The van der Waals surface area contributed by atoms with Gasteiger partial charge in [-0.05, 0) is 71.4 Å². The second kappa shape index (κ2) is 12.2. The summed E-state index contributed by atoms with van der Waals surface area (Å²) in [5, 5.41) is 12.5. The maximum atomic E-state index is 13.2. The number of carbonyl (C=O) groups excluding carboxylic acids is 2. The van der Waals surface area contributed by atoms with Crippen LogP contribution in [0.25, 0.3) is 11.4 Å². The molecule has 11 heteroatoms. The number of pyridine rings is 1. The van der Waals surface area contributed by atoms with Crippen molar-refractivity contribution in [1.82, 2.24) is 19.9 Å². The SMILES string of the molecule is Cc1ccc(NC(=O)c2ccnc(C(C)(C)C#N)c2)cc1-c1nc2c(c(N3CCOCC3)n1)CN(C(=O)OC(C)(C)C)CC2. The van der Waals surface area contributed by atoms with Crippen LogP contribution < -0.4 is 10.2 Å². The summed E-state index contributed by atoms with van der Waals surface area (Å²) in [6.07, 6.45) is 1.76. The molecule has 0 bridgehead atoms. The Balaban J connectivity index is 1.47. The molecule has 4 heterocycles. The zero-order valence-electron chi connectivity index (χ0n) is 26.2. The Morgan fingerprint density at radius 3 is 2.50 bits per heavy atom. The van der Waals surface area contributed by atoms with Crippen molar-refractivity contribution in [2.75, 3.05) is 43.1 Å². The van der Waals surface area contributed by atoms with E-state index in [1.165, 1.54) is 0 Å². The van der Waals surface area contributed by atoms with E-state index in [4.69, 9.17) is 19.4 Å². The second-order valence-corrected chi connectivity index (χ2v) is 12.7. The molecule has 2 aromatic heterocycles. The third-order valence-electron chi connectivity index (χ3n) is 7.68. The van der Waals surface area contributed by atoms with Crippen LogP contribution >= 0.6 is 0 Å². The number of aromatic nitrogens is 3. The number of morpholine rings is 1. The molecule has 0 atom stereocenters. The first-order chi connectivity index (χ1) is 20.8. The van der Waals surface area contributed by atoms with Gasteiger partial charge in [0.2, 0.25) is 0 Å². The minimum Gasteiger partial charge on any atom is -0.444 e. The van der Waals surface area contributed by atoms with Gasteiger partial charge in [0, 0.05) is 54.6 Å². The number of nitriles is 1. The summed E-state index contributed by atoms with van der Waals surface area (Å²) in [5.41, 5.74) is 3.71. The monoisotopic (exact) mass is 597 g/mol. The van der Waals surface area contributed by atoms with Gasteiger partial charge in [0.15, 0.2) is 5.82 Å². The first-order valence-corrected chi connectivity index (χ1v) is 14.9. The number of amides is 2. The highest BCUT2D eigenvalue weighted by atomic mass is 16.6. The summed E-state index contributed by atoms with van der Waals surface area (Å²) in [6, 6.07) is 11.2. The van der Waals surface area contributed by atoms with E-state index < -0.39 is 11.0 Å². The lowest BCUT2D eigenvalue weighted by Crippen LogP contribution is -2.42. The van der Waals surface area contributed by atoms with E-state index >= 15 is 0 Å². The van der Waals surface area contributed by atoms with Crippen molar-refractivity contribution in [1.29, 1.82) is 5.26 Å². The lowest BCUT2D eigenvalue weighted by atomic mass is 9.90. The molecule has 0 aliphatic carbocycles. The molecule has 1 aromatic carbocycles. The molecule has 3 aromatic rings. The number of aryl methyl sites for hydroxylation is 1. The number of benzene rings is 1. The molecule has 1 N–H and O–H groups in total. The van der Waals surface area contributed by atoms with E-state index in [0.717, 1.165) is 28.2 Å². The summed E-state index contributed by atoms with van der Waals surface area (Å²) in [6.45, 7) is 14.5. The molecule has 1 saturated heterocycles. The van der Waals surface area contributed by atoms with E-state index in [-0.39, 0.29) is 12.0 Å². The standard InChI is InChI=1S/C33H39N7O4/c1-21-7-8-23(36-30(41)22-9-11-35-27(17-22)33(5,6)20-34)18-24(21)28-37-26-10-12-40(31(42)44-32(2,3)4)19-25(26)29(38-28)39-13-15-43-16-14-39/h7-9,11,17-18H,10,12-16,19H2,1-6H3,(H,36,41). The zero-order valence-corrected chi connectivity index (χ0v) is 26.2. The van der Waals surface area contributed by atoms with Crippen molar-refractivity contribution in [3.05, 3.63) is 64.6 Å². The molecule has 5 rings (SSSR count). The van der Waals surface area contributed by atoms with E-state index in [1.54, 1.807) is 37.1 Å². The molecule has 0 unspecified atom stereocenters. The highest BCUT2D eigenvalue weighted by Crippen LogP contribution is 2.33. The number of carbonyl (C=O) groups is 2. The molecule has 11 nitrogen and oxygen atoms in total. The van der Waals surface area contributed by atoms with Crippen molar-refractivity contribution in [3.8, 4) is 17.5 Å². The Kier molecular flexibility index (Phi) is 8.57. The average molecular weight is 598 g/mol. The summed E-state index contributed by atoms with van der Waals surface area (Å²) >= 11 is 0. The van der Waals surface area contributed by atoms with E-state index in [2.05, 4.69) is 21.3 Å². The summed E-state index contributed by atoms with van der Waals surface area (Å²) in [7, 11) is 0. The number of rotatable bonds is 5. The van der Waals surface area contributed by atoms with Gasteiger partial charge in [-0.1, -0.05) is 6.07 Å². The molecule has 1 fully saturated rings. The predicted molar refractivity (Wildman–Crippen MR) is 166 cm³/mol. The number of fused-ring (bicyclic) bond motifs is 1. The molecule has 0 saturated carbocycles. The van der Waals surface area contributed by atoms with Crippen molar-refractivity contribution in [3.63, 3.8) is 0 Å². The van der Waals surface area contributed by atoms with Gasteiger partial charge < -0.3 is 24.6 Å². The van der Waals surface area contributed by atoms with Crippen LogP contribution in [0.3, 0.4) is 0 Å². The lowest BCUT2D eigenvalue weighted by molar-refractivity contribution is 0.0222. The van der Waals surface area contributed by atoms with Gasteiger partial charge in [0.05, 0.1) is 42.6 Å². The molecule has 0 spiro atoms. The van der Waals surface area contributed by atoms with E-state index in [9.17, 15) is 14.9 Å². The normalized spacial score (nSPS) is 15.3. The number of ether oxygens (including phenoxy) is 2. The first-order valence-electron chi connectivity index (χ1n) is 14.9. The minimum atomic E-state index is -0.820. The maximum Gasteiger partial charge on any atom is 0.410 e. The summed E-state index contributed by atoms with van der Waals surface area (Å²) < 4.78 is 11.3. The molecule has 44 heavy (non-hydrogen) atoms. The third-order valence-corrected chi connectivity index (χ3v) is 7.68. The van der Waals surface area contributed by atoms with Crippen LogP contribution in [-0.2, 0) is 27.9 Å². The molecule has 230 valence electrons. The van der Waals surface area contributed by atoms with Crippen LogP contribution in [-0.4, -0.2) is 70.3 Å². The number of nitrogens with one attached hydrogen (secondary N) is 1. The van der Waals surface area contributed by atoms with Crippen molar-refractivity contribution in [2.45, 2.75) is 65.5 Å². The Bertz CT molecular complexity index is 1620. The van der Waals surface area contributed by atoms with Crippen LogP contribution in [0.5, 0.6) is 0 Å². The molecule has 2 amide bonds. The number of hydrogen-bond acceptors (Lipinski definition) is 9.